The maximum atomic E-state index is 12.9. The Morgan fingerprint density at radius 2 is 1.93 bits per heavy atom. The number of aromatic nitrogens is 3. The van der Waals surface area contributed by atoms with Crippen molar-refractivity contribution in [3.05, 3.63) is 36.0 Å². The molecule has 0 N–H and O–H groups in total. The minimum atomic E-state index is -4.40. The van der Waals surface area contributed by atoms with Crippen LogP contribution in [0, 0.1) is 0 Å². The Kier molecular flexibility index (Phi) is 5.58. The van der Waals surface area contributed by atoms with Crippen LogP contribution in [0.5, 0.6) is 0 Å². The van der Waals surface area contributed by atoms with E-state index in [0.29, 0.717) is 24.3 Å². The third kappa shape index (κ3) is 4.60. The quantitative estimate of drug-likeness (QED) is 0.765. The Morgan fingerprint density at radius 1 is 1.14 bits per heavy atom. The molecule has 156 valence electrons. The summed E-state index contributed by atoms with van der Waals surface area (Å²) in [5, 5.41) is 8.12. The first-order valence-electron chi connectivity index (χ1n) is 10.00. The van der Waals surface area contributed by atoms with Gasteiger partial charge in [0, 0.05) is 12.1 Å². The number of hydrogen-bond acceptors (Lipinski definition) is 4. The van der Waals surface area contributed by atoms with Gasteiger partial charge >= 0.3 is 6.18 Å². The van der Waals surface area contributed by atoms with Crippen LogP contribution in [0.25, 0.3) is 11.3 Å². The molecule has 2 aromatic rings. The van der Waals surface area contributed by atoms with Crippen LogP contribution in [0.4, 0.5) is 13.2 Å². The summed E-state index contributed by atoms with van der Waals surface area (Å²) >= 11 is 0. The first-order valence-corrected chi connectivity index (χ1v) is 10.00. The largest absolute Gasteiger partial charge is 0.416 e. The third-order valence-electron chi connectivity index (χ3n) is 5.68. The van der Waals surface area contributed by atoms with Gasteiger partial charge in [0.1, 0.15) is 5.69 Å². The van der Waals surface area contributed by atoms with Gasteiger partial charge < -0.3 is 4.90 Å². The molecular weight excluding hydrogens is 383 g/mol. The van der Waals surface area contributed by atoms with E-state index in [4.69, 9.17) is 0 Å². The van der Waals surface area contributed by atoms with Crippen molar-refractivity contribution >= 4 is 5.91 Å². The maximum Gasteiger partial charge on any atom is 0.416 e. The molecule has 1 aromatic carbocycles. The summed E-state index contributed by atoms with van der Waals surface area (Å²) in [7, 11) is 0. The van der Waals surface area contributed by atoms with Crippen LogP contribution in [0.2, 0.25) is 0 Å². The van der Waals surface area contributed by atoms with Gasteiger partial charge in [0.25, 0.3) is 0 Å². The second-order valence-corrected chi connectivity index (χ2v) is 7.77. The van der Waals surface area contributed by atoms with Crippen molar-refractivity contribution in [2.45, 2.75) is 44.4 Å². The lowest BCUT2D eigenvalue weighted by Gasteiger charge is -2.26. The number of carbonyl (C=O) groups is 1. The van der Waals surface area contributed by atoms with Crippen molar-refractivity contribution in [3.8, 4) is 11.3 Å². The topological polar surface area (TPSA) is 54.3 Å². The molecule has 1 amide bonds. The third-order valence-corrected chi connectivity index (χ3v) is 5.68. The van der Waals surface area contributed by atoms with Crippen LogP contribution in [0.15, 0.2) is 30.5 Å². The molecule has 4 rings (SSSR count). The summed E-state index contributed by atoms with van der Waals surface area (Å²) in [5.74, 6) is 0.146. The van der Waals surface area contributed by atoms with Crippen LogP contribution >= 0.6 is 0 Å². The van der Waals surface area contributed by atoms with Crippen molar-refractivity contribution in [2.24, 2.45) is 0 Å². The molecule has 2 aliphatic heterocycles. The van der Waals surface area contributed by atoms with E-state index in [-0.39, 0.29) is 11.9 Å². The molecule has 0 spiro atoms. The summed E-state index contributed by atoms with van der Waals surface area (Å²) in [6, 6.07) is 5.12. The van der Waals surface area contributed by atoms with Gasteiger partial charge in [-0.2, -0.15) is 13.2 Å². The van der Waals surface area contributed by atoms with Gasteiger partial charge in [-0.1, -0.05) is 17.3 Å². The first-order chi connectivity index (χ1) is 13.9. The van der Waals surface area contributed by atoms with E-state index in [1.807, 2.05) is 4.90 Å². The van der Waals surface area contributed by atoms with E-state index < -0.39 is 11.7 Å². The lowest BCUT2D eigenvalue weighted by Crippen LogP contribution is -2.43. The molecule has 9 heteroatoms. The molecule has 0 unspecified atom stereocenters. The van der Waals surface area contributed by atoms with Gasteiger partial charge in [-0.15, -0.1) is 5.10 Å². The zero-order valence-electron chi connectivity index (χ0n) is 16.1. The Morgan fingerprint density at radius 3 is 2.69 bits per heavy atom. The fourth-order valence-corrected chi connectivity index (χ4v) is 4.17. The molecule has 1 atom stereocenters. The molecule has 2 saturated heterocycles. The highest BCUT2D eigenvalue weighted by molar-refractivity contribution is 5.79. The number of carbonyl (C=O) groups excluding carboxylic acids is 1. The number of nitrogens with zero attached hydrogens (tertiary/aromatic N) is 5. The van der Waals surface area contributed by atoms with Crippen LogP contribution in [0.1, 0.15) is 31.2 Å². The predicted molar refractivity (Wildman–Crippen MR) is 101 cm³/mol. The number of rotatable bonds is 5. The van der Waals surface area contributed by atoms with Crippen molar-refractivity contribution in [2.75, 3.05) is 26.2 Å². The van der Waals surface area contributed by atoms with Gasteiger partial charge in [0.2, 0.25) is 5.91 Å². The van der Waals surface area contributed by atoms with E-state index in [1.165, 1.54) is 6.07 Å². The minimum absolute atomic E-state index is 0.0427. The van der Waals surface area contributed by atoms with Crippen LogP contribution in [0.3, 0.4) is 0 Å². The number of benzene rings is 1. The Bertz CT molecular complexity index is 860. The Labute approximate surface area is 167 Å². The van der Waals surface area contributed by atoms with Crippen molar-refractivity contribution < 1.29 is 18.0 Å². The fourth-order valence-electron chi connectivity index (χ4n) is 4.17. The number of halogens is 3. The van der Waals surface area contributed by atoms with E-state index >= 15 is 0 Å². The smallest absolute Gasteiger partial charge is 0.337 e. The average molecular weight is 407 g/mol. The van der Waals surface area contributed by atoms with Crippen molar-refractivity contribution in [1.29, 1.82) is 0 Å². The first kappa shape index (κ1) is 19.9. The fraction of sp³-hybridized carbons (Fsp3) is 0.550. The minimum Gasteiger partial charge on any atom is -0.337 e. The van der Waals surface area contributed by atoms with Gasteiger partial charge in [-0.3, -0.25) is 9.69 Å². The molecule has 2 aliphatic rings. The number of likely N-dealkylation sites (tertiary alicyclic amines) is 2. The number of alkyl halides is 3. The highest BCUT2D eigenvalue weighted by Crippen LogP contribution is 2.31. The van der Waals surface area contributed by atoms with Crippen LogP contribution < -0.4 is 0 Å². The summed E-state index contributed by atoms with van der Waals surface area (Å²) < 4.78 is 40.5. The van der Waals surface area contributed by atoms with E-state index in [1.54, 1.807) is 16.9 Å². The molecule has 29 heavy (non-hydrogen) atoms. The van der Waals surface area contributed by atoms with Crippen molar-refractivity contribution in [3.63, 3.8) is 0 Å². The lowest BCUT2D eigenvalue weighted by molar-refractivity contribution is -0.137. The average Bonchev–Trinajstić information content (AvgIpc) is 3.43. The maximum absolute atomic E-state index is 12.9. The second kappa shape index (κ2) is 8.14. The molecule has 0 saturated carbocycles. The van der Waals surface area contributed by atoms with Crippen LogP contribution in [-0.4, -0.2) is 62.9 Å². The zero-order valence-corrected chi connectivity index (χ0v) is 16.1. The number of amides is 1. The standard InChI is InChI=1S/C20H24F3N5O/c21-20(22,23)16-6-3-5-15(11-16)18-13-27(25-24-18)12-17-7-4-10-28(17)19(29)14-26-8-1-2-9-26/h3,5-6,11,13,17H,1-2,4,7-10,12,14H2/t17-/m1/s1. The number of hydrogen-bond donors (Lipinski definition) is 0. The molecule has 0 aliphatic carbocycles. The van der Waals surface area contributed by atoms with Gasteiger partial charge in [-0.05, 0) is 50.9 Å². The SMILES string of the molecule is O=C(CN1CCCC1)N1CCC[C@@H]1Cn1cc(-c2cccc(C(F)(F)F)c2)nn1. The van der Waals surface area contributed by atoms with E-state index in [0.717, 1.165) is 57.5 Å². The molecule has 6 nitrogen and oxygen atoms in total. The molecule has 1 aromatic heterocycles. The highest BCUT2D eigenvalue weighted by atomic mass is 19.4. The van der Waals surface area contributed by atoms with E-state index in [9.17, 15) is 18.0 Å². The molecular formula is C20H24F3N5O. The molecule has 0 radical (unpaired) electrons. The summed E-state index contributed by atoms with van der Waals surface area (Å²) in [4.78, 5) is 16.8. The molecule has 0 bridgehead atoms. The second-order valence-electron chi connectivity index (χ2n) is 7.77. The summed E-state index contributed by atoms with van der Waals surface area (Å²) in [6.45, 7) is 3.66. The monoisotopic (exact) mass is 407 g/mol. The lowest BCUT2D eigenvalue weighted by atomic mass is 10.1. The van der Waals surface area contributed by atoms with Gasteiger partial charge in [0.15, 0.2) is 0 Å². The normalized spacial score (nSPS) is 20.5. The highest BCUT2D eigenvalue weighted by Gasteiger charge is 2.32. The summed E-state index contributed by atoms with van der Waals surface area (Å²) in [5.41, 5.74) is 0.0579. The van der Waals surface area contributed by atoms with Gasteiger partial charge in [-0.25, -0.2) is 4.68 Å². The Hall–Kier alpha value is -2.42. The predicted octanol–water partition coefficient (Wildman–Crippen LogP) is 3.05. The molecule has 2 fully saturated rings. The Balaban J connectivity index is 1.42. The van der Waals surface area contributed by atoms with E-state index in [2.05, 4.69) is 15.2 Å². The zero-order chi connectivity index (χ0) is 20.4. The molecule has 3 heterocycles. The summed E-state index contributed by atoms with van der Waals surface area (Å²) in [6.07, 6.45) is 1.39. The van der Waals surface area contributed by atoms with Crippen LogP contribution in [-0.2, 0) is 17.5 Å². The van der Waals surface area contributed by atoms with Gasteiger partial charge in [0.05, 0.1) is 30.9 Å². The van der Waals surface area contributed by atoms with Crippen molar-refractivity contribution in [1.82, 2.24) is 24.8 Å².